The summed E-state index contributed by atoms with van der Waals surface area (Å²) in [5.74, 6) is -0.859. The lowest BCUT2D eigenvalue weighted by atomic mass is 9.82. The summed E-state index contributed by atoms with van der Waals surface area (Å²) in [6.45, 7) is 2.43. The second-order valence-electron chi connectivity index (χ2n) is 8.35. The van der Waals surface area contributed by atoms with Gasteiger partial charge in [-0.05, 0) is 43.5 Å². The first-order valence-electron chi connectivity index (χ1n) is 10.6. The molecule has 4 amide bonds. The molecule has 3 aromatic rings. The first kappa shape index (κ1) is 21.0. The molecule has 1 aromatic carbocycles. The normalized spacial score (nSPS) is 17.9. The number of nitrogens with zero attached hydrogens (tertiary/aromatic N) is 3. The molecule has 1 saturated carbocycles. The van der Waals surface area contributed by atoms with Crippen molar-refractivity contribution in [3.8, 4) is 0 Å². The summed E-state index contributed by atoms with van der Waals surface area (Å²) >= 11 is 7.25. The number of thiophene rings is 1. The smallest absolute Gasteiger partial charge is 0.322 e. The monoisotopic (exact) mass is 471 g/mol. The number of urea groups is 1. The Labute approximate surface area is 193 Å². The lowest BCUT2D eigenvalue weighted by molar-refractivity contribution is -0.134. The zero-order chi connectivity index (χ0) is 22.5. The summed E-state index contributed by atoms with van der Waals surface area (Å²) in [7, 11) is 0. The van der Waals surface area contributed by atoms with E-state index in [4.69, 9.17) is 11.6 Å². The second-order valence-corrected chi connectivity index (χ2v) is 9.82. The van der Waals surface area contributed by atoms with Crippen molar-refractivity contribution in [2.45, 2.75) is 51.1 Å². The predicted molar refractivity (Wildman–Crippen MR) is 122 cm³/mol. The Bertz CT molecular complexity index is 1230. The van der Waals surface area contributed by atoms with Gasteiger partial charge in [0.1, 0.15) is 10.4 Å². The third-order valence-electron chi connectivity index (χ3n) is 6.16. The number of carbonyl (C=O) groups is 3. The summed E-state index contributed by atoms with van der Waals surface area (Å²) in [5.41, 5.74) is 3.48. The maximum absolute atomic E-state index is 12.9. The third-order valence-corrected chi connectivity index (χ3v) is 7.56. The Morgan fingerprint density at radius 2 is 1.94 bits per heavy atom. The number of rotatable bonds is 4. The largest absolute Gasteiger partial charge is 0.344 e. The maximum Gasteiger partial charge on any atom is 0.344 e. The van der Waals surface area contributed by atoms with Crippen molar-refractivity contribution in [2.24, 2.45) is 0 Å². The number of hydrogen-bond acceptors (Lipinski definition) is 5. The molecule has 1 saturated heterocycles. The Kier molecular flexibility index (Phi) is 5.17. The number of fused-ring (bicyclic) bond motifs is 1. The molecule has 2 fully saturated rings. The van der Waals surface area contributed by atoms with Crippen molar-refractivity contribution in [3.63, 3.8) is 0 Å². The Morgan fingerprint density at radius 1 is 1.22 bits per heavy atom. The molecule has 8 nitrogen and oxygen atoms in total. The highest BCUT2D eigenvalue weighted by Crippen LogP contribution is 2.33. The zero-order valence-electron chi connectivity index (χ0n) is 17.5. The number of carbonyl (C=O) groups excluding carboxylic acids is 3. The minimum Gasteiger partial charge on any atom is -0.322 e. The molecule has 0 radical (unpaired) electrons. The molecule has 10 heteroatoms. The van der Waals surface area contributed by atoms with Gasteiger partial charge < -0.3 is 5.32 Å². The quantitative estimate of drug-likeness (QED) is 0.562. The number of benzene rings is 1. The highest BCUT2D eigenvalue weighted by atomic mass is 35.5. The van der Waals surface area contributed by atoms with Gasteiger partial charge in [0, 0.05) is 10.4 Å². The van der Waals surface area contributed by atoms with Crippen LogP contribution in [0, 0.1) is 6.92 Å². The molecule has 0 bridgehead atoms. The first-order chi connectivity index (χ1) is 15.4. The SMILES string of the molecule is Cc1nn(Cc2ccc(Cl)cc2)c2sc(C(=O)NN3C(=O)NC4(CCCCC4)C3=O)cc12. The fourth-order valence-corrected chi connectivity index (χ4v) is 5.64. The lowest BCUT2D eigenvalue weighted by Crippen LogP contribution is -2.50. The van der Waals surface area contributed by atoms with Crippen molar-refractivity contribution in [3.05, 3.63) is 51.5 Å². The van der Waals surface area contributed by atoms with E-state index in [0.717, 1.165) is 45.7 Å². The van der Waals surface area contributed by atoms with Gasteiger partial charge in [-0.2, -0.15) is 10.1 Å². The molecule has 5 rings (SSSR count). The molecule has 0 atom stereocenters. The molecular formula is C22H22ClN5O3S. The maximum atomic E-state index is 12.9. The van der Waals surface area contributed by atoms with Crippen LogP contribution in [0.3, 0.4) is 0 Å². The van der Waals surface area contributed by atoms with Crippen LogP contribution in [0.1, 0.15) is 53.0 Å². The van der Waals surface area contributed by atoms with Crippen LogP contribution in [-0.2, 0) is 11.3 Å². The van der Waals surface area contributed by atoms with Crippen LogP contribution in [0.25, 0.3) is 10.2 Å². The Morgan fingerprint density at radius 3 is 2.66 bits per heavy atom. The van der Waals surface area contributed by atoms with Gasteiger partial charge in [0.05, 0.1) is 17.1 Å². The molecule has 166 valence electrons. The molecule has 3 heterocycles. The summed E-state index contributed by atoms with van der Waals surface area (Å²) in [4.78, 5) is 39.6. The summed E-state index contributed by atoms with van der Waals surface area (Å²) in [6, 6.07) is 8.71. The molecule has 0 unspecified atom stereocenters. The predicted octanol–water partition coefficient (Wildman–Crippen LogP) is 4.01. The zero-order valence-corrected chi connectivity index (χ0v) is 19.1. The lowest BCUT2D eigenvalue weighted by Gasteiger charge is -2.30. The van der Waals surface area contributed by atoms with Crippen molar-refractivity contribution >= 4 is 51.0 Å². The molecule has 2 aromatic heterocycles. The van der Waals surface area contributed by atoms with Gasteiger partial charge in [0.15, 0.2) is 0 Å². The number of imide groups is 1. The van der Waals surface area contributed by atoms with Crippen LogP contribution in [0.2, 0.25) is 5.02 Å². The number of aromatic nitrogens is 2. The van der Waals surface area contributed by atoms with Crippen LogP contribution >= 0.6 is 22.9 Å². The van der Waals surface area contributed by atoms with Crippen molar-refractivity contribution in [1.29, 1.82) is 0 Å². The molecule has 1 aliphatic heterocycles. The fourth-order valence-electron chi connectivity index (χ4n) is 4.47. The number of amides is 4. The molecule has 2 aliphatic rings. The first-order valence-corrected chi connectivity index (χ1v) is 11.7. The molecule has 1 spiro atoms. The number of aryl methyl sites for hydroxylation is 1. The van der Waals surface area contributed by atoms with E-state index in [0.29, 0.717) is 29.3 Å². The molecular weight excluding hydrogens is 450 g/mol. The standard InChI is InChI=1S/C22H22ClN5O3S/c1-13-16-11-17(32-19(16)27(25-13)12-14-5-7-15(23)8-6-14)18(29)26-28-20(30)22(24-21(28)31)9-3-2-4-10-22/h5-8,11H,2-4,9-10,12H2,1H3,(H,24,31)(H,26,29). The van der Waals surface area contributed by atoms with Gasteiger partial charge in [-0.25, -0.2) is 4.79 Å². The van der Waals surface area contributed by atoms with E-state index in [1.165, 1.54) is 11.3 Å². The second kappa shape index (κ2) is 7.90. The van der Waals surface area contributed by atoms with E-state index in [1.807, 2.05) is 35.9 Å². The van der Waals surface area contributed by atoms with Crippen LogP contribution in [0.5, 0.6) is 0 Å². The minimum absolute atomic E-state index is 0.373. The van der Waals surface area contributed by atoms with Crippen molar-refractivity contribution in [2.75, 3.05) is 0 Å². The summed E-state index contributed by atoms with van der Waals surface area (Å²) < 4.78 is 1.85. The van der Waals surface area contributed by atoms with E-state index in [9.17, 15) is 14.4 Å². The van der Waals surface area contributed by atoms with Crippen LogP contribution in [-0.4, -0.2) is 38.2 Å². The van der Waals surface area contributed by atoms with E-state index < -0.39 is 17.5 Å². The number of hydrogen-bond donors (Lipinski definition) is 2. The number of halogens is 1. The van der Waals surface area contributed by atoms with Crippen LogP contribution in [0.15, 0.2) is 30.3 Å². The number of nitrogens with one attached hydrogen (secondary N) is 2. The molecule has 2 N–H and O–H groups in total. The summed E-state index contributed by atoms with van der Waals surface area (Å²) in [6.07, 6.45) is 4.02. The average molecular weight is 472 g/mol. The Hall–Kier alpha value is -2.91. The highest BCUT2D eigenvalue weighted by Gasteiger charge is 2.52. The van der Waals surface area contributed by atoms with Crippen molar-refractivity contribution in [1.82, 2.24) is 25.5 Å². The van der Waals surface area contributed by atoms with Gasteiger partial charge in [0.2, 0.25) is 0 Å². The van der Waals surface area contributed by atoms with Crippen LogP contribution in [0.4, 0.5) is 4.79 Å². The average Bonchev–Trinajstić information content (AvgIpc) is 3.40. The van der Waals surface area contributed by atoms with E-state index >= 15 is 0 Å². The van der Waals surface area contributed by atoms with Crippen LogP contribution < -0.4 is 10.7 Å². The van der Waals surface area contributed by atoms with E-state index in [2.05, 4.69) is 15.8 Å². The minimum atomic E-state index is -0.877. The van der Waals surface area contributed by atoms with Gasteiger partial charge >= 0.3 is 6.03 Å². The van der Waals surface area contributed by atoms with E-state index in [1.54, 1.807) is 6.07 Å². The van der Waals surface area contributed by atoms with Gasteiger partial charge in [0.25, 0.3) is 11.8 Å². The van der Waals surface area contributed by atoms with Gasteiger partial charge in [-0.3, -0.25) is 19.7 Å². The topological polar surface area (TPSA) is 96.3 Å². The summed E-state index contributed by atoms with van der Waals surface area (Å²) in [5, 5.41) is 9.76. The molecule has 32 heavy (non-hydrogen) atoms. The fraction of sp³-hybridized carbons (Fsp3) is 0.364. The van der Waals surface area contributed by atoms with Crippen molar-refractivity contribution < 1.29 is 14.4 Å². The Balaban J connectivity index is 1.37. The van der Waals surface area contributed by atoms with E-state index in [-0.39, 0.29) is 5.91 Å². The number of hydrazine groups is 1. The third kappa shape index (κ3) is 3.55. The molecule has 1 aliphatic carbocycles. The van der Waals surface area contributed by atoms with Gasteiger partial charge in [-0.1, -0.05) is 43.0 Å². The van der Waals surface area contributed by atoms with Gasteiger partial charge in [-0.15, -0.1) is 11.3 Å². The highest BCUT2D eigenvalue weighted by molar-refractivity contribution is 7.20.